The monoisotopic (exact) mass is 876 g/mol. The molecule has 10 heteroatoms. The summed E-state index contributed by atoms with van der Waals surface area (Å²) in [5.41, 5.74) is 5.25. The summed E-state index contributed by atoms with van der Waals surface area (Å²) >= 11 is 0. The number of halogens is 7. The van der Waals surface area contributed by atoms with Crippen molar-refractivity contribution in [2.24, 2.45) is 0 Å². The largest absolute Gasteiger partial charge is 0.455 e. The van der Waals surface area contributed by atoms with Gasteiger partial charge in [0.25, 0.3) is 0 Å². The lowest BCUT2D eigenvalue weighted by Crippen LogP contribution is -2.50. The van der Waals surface area contributed by atoms with Gasteiger partial charge in [-0.2, -0.15) is 26.3 Å². The van der Waals surface area contributed by atoms with E-state index in [9.17, 15) is 30.7 Å². The van der Waals surface area contributed by atoms with Gasteiger partial charge in [0.1, 0.15) is 17.0 Å². The van der Waals surface area contributed by atoms with Crippen molar-refractivity contribution >= 4 is 33.0 Å². The van der Waals surface area contributed by atoms with Gasteiger partial charge in [0.2, 0.25) is 0 Å². The maximum Gasteiger partial charge on any atom is 0.435 e. The fraction of sp³-hybridized carbons (Fsp3) is 0.315. The second-order valence-electron chi connectivity index (χ2n) is 19.6. The van der Waals surface area contributed by atoms with Crippen LogP contribution in [0.4, 0.5) is 30.7 Å². The van der Waals surface area contributed by atoms with E-state index in [2.05, 4.69) is 110 Å². The standard InChI is InChI=1S/C54H51F7N2O/c1-30(2)42-26-35(34-24-37(50(5,6)7)29-38(25-34)51(8,9)10)27-43(31(3)4)47(42)63-45-17-12-11-16-44(45)62-49(63)41-15-13-14-40-39-23-20-33(28-46(39)64-48(40)41)32-18-21-36(22-19-32)52(55,53(56,57)58)54(59,60)61/h11-31H,1-10H3. The Morgan fingerprint density at radius 1 is 0.516 bits per heavy atom. The average molecular weight is 877 g/mol. The molecule has 0 saturated heterocycles. The number of aromatic nitrogens is 2. The van der Waals surface area contributed by atoms with E-state index in [-0.39, 0.29) is 28.2 Å². The first kappa shape index (κ1) is 44.7. The molecule has 2 aromatic heterocycles. The maximum absolute atomic E-state index is 14.8. The number of benzene rings is 6. The first-order chi connectivity index (χ1) is 29.8. The molecule has 0 unspecified atom stereocenters. The lowest BCUT2D eigenvalue weighted by atomic mass is 9.78. The molecule has 0 saturated carbocycles. The van der Waals surface area contributed by atoms with E-state index in [0.717, 1.165) is 61.9 Å². The molecule has 64 heavy (non-hydrogen) atoms. The van der Waals surface area contributed by atoms with Crippen LogP contribution >= 0.6 is 0 Å². The van der Waals surface area contributed by atoms with Crippen LogP contribution in [0.5, 0.6) is 0 Å². The summed E-state index contributed by atoms with van der Waals surface area (Å²) in [6.07, 6.45) is -12.4. The van der Waals surface area contributed by atoms with Gasteiger partial charge in [-0.15, -0.1) is 0 Å². The third kappa shape index (κ3) is 7.56. The first-order valence-corrected chi connectivity index (χ1v) is 21.5. The minimum absolute atomic E-state index is 0.0588. The first-order valence-electron chi connectivity index (χ1n) is 21.5. The molecular weight excluding hydrogens is 826 g/mol. The van der Waals surface area contributed by atoms with Gasteiger partial charge >= 0.3 is 18.0 Å². The molecule has 6 aromatic carbocycles. The molecule has 3 nitrogen and oxygen atoms in total. The Labute approximate surface area is 369 Å². The van der Waals surface area contributed by atoms with Crippen LogP contribution < -0.4 is 0 Å². The zero-order valence-corrected chi connectivity index (χ0v) is 37.6. The molecule has 0 bridgehead atoms. The van der Waals surface area contributed by atoms with Crippen LogP contribution in [0.3, 0.4) is 0 Å². The Bertz CT molecular complexity index is 2980. The Kier molecular flexibility index (Phi) is 10.7. The van der Waals surface area contributed by atoms with E-state index in [0.29, 0.717) is 34.7 Å². The Morgan fingerprint density at radius 3 is 1.61 bits per heavy atom. The van der Waals surface area contributed by atoms with E-state index in [1.807, 2.05) is 36.4 Å². The minimum Gasteiger partial charge on any atom is -0.455 e. The normalized spacial score (nSPS) is 13.4. The van der Waals surface area contributed by atoms with Crippen molar-refractivity contribution in [3.8, 4) is 39.3 Å². The molecule has 0 fully saturated rings. The summed E-state index contributed by atoms with van der Waals surface area (Å²) in [6.45, 7) is 22.3. The van der Waals surface area contributed by atoms with Crippen LogP contribution in [0.25, 0.3) is 72.3 Å². The number of furan rings is 1. The summed E-state index contributed by atoms with van der Waals surface area (Å²) in [5.74, 6) is 0.908. The topological polar surface area (TPSA) is 31.0 Å². The average Bonchev–Trinajstić information content (AvgIpc) is 3.79. The van der Waals surface area contributed by atoms with Gasteiger partial charge in [-0.3, -0.25) is 4.57 Å². The summed E-state index contributed by atoms with van der Waals surface area (Å²) < 4.78 is 105. The lowest BCUT2D eigenvalue weighted by molar-refractivity contribution is -0.348. The smallest absolute Gasteiger partial charge is 0.435 e. The van der Waals surface area contributed by atoms with Gasteiger partial charge < -0.3 is 4.42 Å². The van der Waals surface area contributed by atoms with Crippen molar-refractivity contribution in [3.63, 3.8) is 0 Å². The summed E-state index contributed by atoms with van der Waals surface area (Å²) in [6, 6.07) is 33.9. The highest BCUT2D eigenvalue weighted by molar-refractivity contribution is 6.10. The van der Waals surface area contributed by atoms with E-state index in [1.54, 1.807) is 18.2 Å². The number of imidazole rings is 1. The number of hydrogen-bond donors (Lipinski definition) is 0. The molecule has 0 amide bonds. The van der Waals surface area contributed by atoms with E-state index >= 15 is 0 Å². The highest BCUT2D eigenvalue weighted by Gasteiger charge is 2.73. The van der Waals surface area contributed by atoms with Gasteiger partial charge in [-0.1, -0.05) is 142 Å². The highest BCUT2D eigenvalue weighted by Crippen LogP contribution is 2.53. The lowest BCUT2D eigenvalue weighted by Gasteiger charge is -2.30. The summed E-state index contributed by atoms with van der Waals surface area (Å²) in [5, 5.41) is 1.54. The van der Waals surface area contributed by atoms with Crippen molar-refractivity contribution < 1.29 is 35.2 Å². The number of nitrogens with zero attached hydrogens (tertiary/aromatic N) is 2. The molecule has 0 atom stereocenters. The number of hydrogen-bond acceptors (Lipinski definition) is 2. The van der Waals surface area contributed by atoms with Crippen molar-refractivity contribution in [3.05, 3.63) is 143 Å². The molecular formula is C54H51F7N2O. The predicted molar refractivity (Wildman–Crippen MR) is 245 cm³/mol. The fourth-order valence-corrected chi connectivity index (χ4v) is 8.61. The molecule has 332 valence electrons. The molecule has 0 aliphatic rings. The van der Waals surface area contributed by atoms with E-state index in [4.69, 9.17) is 9.40 Å². The Balaban J connectivity index is 1.31. The second-order valence-corrected chi connectivity index (χ2v) is 19.6. The number of alkyl halides is 7. The Morgan fingerprint density at radius 2 is 1.06 bits per heavy atom. The van der Waals surface area contributed by atoms with Gasteiger partial charge in [-0.05, 0) is 110 Å². The van der Waals surface area contributed by atoms with Gasteiger partial charge in [0.05, 0.1) is 22.3 Å². The van der Waals surface area contributed by atoms with Crippen LogP contribution in [-0.4, -0.2) is 21.9 Å². The van der Waals surface area contributed by atoms with Gasteiger partial charge in [0, 0.05) is 16.3 Å². The highest BCUT2D eigenvalue weighted by atomic mass is 19.4. The van der Waals surface area contributed by atoms with Crippen LogP contribution in [0.1, 0.15) is 109 Å². The molecule has 8 rings (SSSR count). The molecule has 2 heterocycles. The zero-order valence-electron chi connectivity index (χ0n) is 37.6. The van der Waals surface area contributed by atoms with Crippen molar-refractivity contribution in [2.75, 3.05) is 0 Å². The number of fused-ring (bicyclic) bond motifs is 4. The van der Waals surface area contributed by atoms with Crippen LogP contribution in [0.15, 0.2) is 120 Å². The van der Waals surface area contributed by atoms with Crippen molar-refractivity contribution in [2.45, 2.75) is 110 Å². The van der Waals surface area contributed by atoms with Crippen LogP contribution in [0.2, 0.25) is 0 Å². The van der Waals surface area contributed by atoms with Crippen LogP contribution in [-0.2, 0) is 16.5 Å². The van der Waals surface area contributed by atoms with Crippen LogP contribution in [0, 0.1) is 0 Å². The summed E-state index contributed by atoms with van der Waals surface area (Å²) in [7, 11) is 0. The van der Waals surface area contributed by atoms with Crippen molar-refractivity contribution in [1.29, 1.82) is 0 Å². The molecule has 0 radical (unpaired) electrons. The summed E-state index contributed by atoms with van der Waals surface area (Å²) in [4.78, 5) is 5.28. The zero-order chi connectivity index (χ0) is 46.5. The van der Waals surface area contributed by atoms with Gasteiger partial charge in [-0.25, -0.2) is 9.37 Å². The number of rotatable bonds is 7. The van der Waals surface area contributed by atoms with Gasteiger partial charge in [0.15, 0.2) is 0 Å². The molecule has 0 N–H and O–H groups in total. The molecule has 8 aromatic rings. The molecule has 0 spiro atoms. The fourth-order valence-electron chi connectivity index (χ4n) is 8.61. The third-order valence-corrected chi connectivity index (χ3v) is 12.3. The van der Waals surface area contributed by atoms with Crippen molar-refractivity contribution in [1.82, 2.24) is 9.55 Å². The molecule has 0 aliphatic heterocycles. The predicted octanol–water partition coefficient (Wildman–Crippen LogP) is 17.1. The third-order valence-electron chi connectivity index (χ3n) is 12.3. The second kappa shape index (κ2) is 15.4. The Hall–Kier alpha value is -5.90. The quantitative estimate of drug-likeness (QED) is 0.149. The molecule has 0 aliphatic carbocycles. The van der Waals surface area contributed by atoms with E-state index in [1.165, 1.54) is 16.7 Å². The maximum atomic E-state index is 14.8. The van der Waals surface area contributed by atoms with E-state index < -0.39 is 23.6 Å². The minimum atomic E-state index is -6.20. The SMILES string of the molecule is CC(C)c1cc(-c2cc(C(C)(C)C)cc(C(C)(C)C)c2)cc(C(C)C)c1-n1c(-c2cccc3c2oc2cc(-c4ccc(C(F)(C(F)(F)F)C(F)(F)F)cc4)ccc23)nc2ccccc21. The number of para-hydroxylation sites is 3.